The van der Waals surface area contributed by atoms with Crippen LogP contribution in [0.25, 0.3) is 0 Å². The molecule has 0 saturated carbocycles. The van der Waals surface area contributed by atoms with Crippen LogP contribution in [-0.4, -0.2) is 37.8 Å². The van der Waals surface area contributed by atoms with Gasteiger partial charge in [0.1, 0.15) is 6.79 Å². The minimum Gasteiger partial charge on any atom is -0.351 e. The lowest BCUT2D eigenvalue weighted by Gasteiger charge is -2.19. The molecule has 0 spiro atoms. The summed E-state index contributed by atoms with van der Waals surface area (Å²) in [6.45, 7) is 6.56. The van der Waals surface area contributed by atoms with Gasteiger partial charge in [0.05, 0.1) is 6.04 Å². The van der Waals surface area contributed by atoms with Gasteiger partial charge < -0.3 is 21.2 Å². The Balaban J connectivity index is 0. The number of likely N-dealkylation sites (N-methyl/N-ethyl adjacent to an activating group) is 1. The van der Waals surface area contributed by atoms with Crippen molar-refractivity contribution in [3.05, 3.63) is 30.1 Å². The largest absolute Gasteiger partial charge is 0.351 e. The van der Waals surface area contributed by atoms with Gasteiger partial charge in [0.25, 0.3) is 0 Å². The van der Waals surface area contributed by atoms with Crippen molar-refractivity contribution in [1.82, 2.24) is 15.6 Å². The number of nitrogens with two attached hydrogens (primary N) is 1. The summed E-state index contributed by atoms with van der Waals surface area (Å²) in [7, 11) is 3.30. The zero-order chi connectivity index (χ0) is 16.0. The van der Waals surface area contributed by atoms with Crippen molar-refractivity contribution >= 4 is 12.7 Å². The number of nitrogens with one attached hydrogen (secondary N) is 2. The summed E-state index contributed by atoms with van der Waals surface area (Å²) < 4.78 is 0. The molecule has 0 fully saturated rings. The second kappa shape index (κ2) is 13.6. The lowest BCUT2D eigenvalue weighted by molar-refractivity contribution is -0.124. The number of pyridine rings is 1. The highest BCUT2D eigenvalue weighted by Gasteiger charge is 2.19. The Morgan fingerprint density at radius 2 is 2.00 bits per heavy atom. The highest BCUT2D eigenvalue weighted by Crippen LogP contribution is 2.01. The molecule has 0 radical (unpaired) electrons. The van der Waals surface area contributed by atoms with Gasteiger partial charge in [-0.2, -0.15) is 0 Å². The number of amides is 1. The monoisotopic (exact) mass is 282 g/mol. The maximum atomic E-state index is 11.8. The first-order valence-corrected chi connectivity index (χ1v) is 6.35. The summed E-state index contributed by atoms with van der Waals surface area (Å²) in [5.74, 6) is 0.306. The summed E-state index contributed by atoms with van der Waals surface area (Å²) in [6, 6.07) is 3.66. The molecule has 1 aromatic rings. The molecule has 0 aromatic carbocycles. The molecule has 114 valence electrons. The maximum Gasteiger partial charge on any atom is 0.237 e. The van der Waals surface area contributed by atoms with Crippen molar-refractivity contribution < 1.29 is 9.59 Å². The fourth-order valence-corrected chi connectivity index (χ4v) is 1.57. The van der Waals surface area contributed by atoms with E-state index in [9.17, 15) is 4.79 Å². The van der Waals surface area contributed by atoms with Crippen LogP contribution in [0.3, 0.4) is 0 Å². The summed E-state index contributed by atoms with van der Waals surface area (Å²) in [4.78, 5) is 23.8. The van der Waals surface area contributed by atoms with E-state index in [4.69, 9.17) is 4.79 Å². The average molecular weight is 282 g/mol. The predicted molar refractivity (Wildman–Crippen MR) is 81.0 cm³/mol. The SMILES string of the molecule is C=O.CN.CNC(C(=O)NCc1cccnc1)C(C)C. The number of hydrogen-bond donors (Lipinski definition) is 3. The Hall–Kier alpha value is -1.79. The molecule has 4 N–H and O–H groups in total. The molecule has 1 heterocycles. The van der Waals surface area contributed by atoms with Crippen LogP contribution in [-0.2, 0) is 16.1 Å². The molecule has 6 heteroatoms. The van der Waals surface area contributed by atoms with E-state index >= 15 is 0 Å². The van der Waals surface area contributed by atoms with E-state index in [0.717, 1.165) is 5.56 Å². The summed E-state index contributed by atoms with van der Waals surface area (Å²) in [6.07, 6.45) is 3.47. The van der Waals surface area contributed by atoms with Gasteiger partial charge in [0, 0.05) is 18.9 Å². The zero-order valence-corrected chi connectivity index (χ0v) is 12.7. The molecule has 1 aromatic heterocycles. The Morgan fingerprint density at radius 1 is 1.40 bits per heavy atom. The second-order valence-electron chi connectivity index (χ2n) is 4.09. The van der Waals surface area contributed by atoms with E-state index < -0.39 is 0 Å². The van der Waals surface area contributed by atoms with Crippen LogP contribution in [0.2, 0.25) is 0 Å². The molecule has 1 atom stereocenters. The smallest absolute Gasteiger partial charge is 0.237 e. The quantitative estimate of drug-likeness (QED) is 0.723. The first-order valence-electron chi connectivity index (χ1n) is 6.35. The third-order valence-electron chi connectivity index (χ3n) is 2.45. The normalized spacial score (nSPS) is 10.5. The number of nitrogens with zero attached hydrogens (tertiary/aromatic N) is 1. The van der Waals surface area contributed by atoms with Crippen LogP contribution < -0.4 is 16.4 Å². The minimum absolute atomic E-state index is 0.0290. The van der Waals surface area contributed by atoms with Crippen LogP contribution in [0.1, 0.15) is 19.4 Å². The van der Waals surface area contributed by atoms with Gasteiger partial charge >= 0.3 is 0 Å². The molecule has 0 aliphatic rings. The summed E-state index contributed by atoms with van der Waals surface area (Å²) >= 11 is 0. The van der Waals surface area contributed by atoms with Crippen molar-refractivity contribution in [3.63, 3.8) is 0 Å². The average Bonchev–Trinajstić information content (AvgIpc) is 2.50. The Bertz CT molecular complexity index is 344. The summed E-state index contributed by atoms with van der Waals surface area (Å²) in [5, 5.41) is 5.90. The van der Waals surface area contributed by atoms with Gasteiger partial charge in [-0.3, -0.25) is 9.78 Å². The summed E-state index contributed by atoms with van der Waals surface area (Å²) in [5.41, 5.74) is 5.51. The fourth-order valence-electron chi connectivity index (χ4n) is 1.57. The van der Waals surface area contributed by atoms with Crippen LogP contribution in [0.5, 0.6) is 0 Å². The van der Waals surface area contributed by atoms with Gasteiger partial charge in [-0.05, 0) is 31.6 Å². The number of hydrogen-bond acceptors (Lipinski definition) is 5. The van der Waals surface area contributed by atoms with Crippen molar-refractivity contribution in [3.8, 4) is 0 Å². The first-order chi connectivity index (χ1) is 9.65. The highest BCUT2D eigenvalue weighted by molar-refractivity contribution is 5.81. The Labute approximate surface area is 121 Å². The molecule has 0 aliphatic carbocycles. The third-order valence-corrected chi connectivity index (χ3v) is 2.45. The van der Waals surface area contributed by atoms with Crippen molar-refractivity contribution in [2.45, 2.75) is 26.4 Å². The van der Waals surface area contributed by atoms with Gasteiger partial charge in [0.2, 0.25) is 5.91 Å². The van der Waals surface area contributed by atoms with Gasteiger partial charge in [-0.1, -0.05) is 19.9 Å². The van der Waals surface area contributed by atoms with Crippen LogP contribution in [0.15, 0.2) is 24.5 Å². The molecule has 20 heavy (non-hydrogen) atoms. The molecule has 6 nitrogen and oxygen atoms in total. The van der Waals surface area contributed by atoms with E-state index in [1.165, 1.54) is 7.05 Å². The van der Waals surface area contributed by atoms with E-state index in [1.54, 1.807) is 19.4 Å². The van der Waals surface area contributed by atoms with Crippen LogP contribution in [0.4, 0.5) is 0 Å². The van der Waals surface area contributed by atoms with E-state index in [1.807, 2.05) is 32.8 Å². The molecular formula is C14H26N4O2. The lowest BCUT2D eigenvalue weighted by atomic mass is 10.0. The van der Waals surface area contributed by atoms with Crippen molar-refractivity contribution in [2.24, 2.45) is 11.7 Å². The third kappa shape index (κ3) is 8.34. The molecular weight excluding hydrogens is 256 g/mol. The van der Waals surface area contributed by atoms with Gasteiger partial charge in [-0.15, -0.1) is 0 Å². The fraction of sp³-hybridized carbons (Fsp3) is 0.500. The molecule has 0 bridgehead atoms. The molecule has 1 rings (SSSR count). The number of aromatic nitrogens is 1. The van der Waals surface area contributed by atoms with Crippen molar-refractivity contribution in [1.29, 1.82) is 0 Å². The molecule has 0 aliphatic heterocycles. The van der Waals surface area contributed by atoms with Crippen LogP contribution >= 0.6 is 0 Å². The van der Waals surface area contributed by atoms with E-state index in [0.29, 0.717) is 6.54 Å². The predicted octanol–water partition coefficient (Wildman–Crippen LogP) is 0.332. The zero-order valence-electron chi connectivity index (χ0n) is 12.7. The van der Waals surface area contributed by atoms with Crippen molar-refractivity contribution in [2.75, 3.05) is 14.1 Å². The standard InChI is InChI=1S/C12H19N3O.CH5N.CH2O/c1-9(2)11(13-3)12(16)15-8-10-5-4-6-14-7-10;2*1-2/h4-7,9,11,13H,8H2,1-3H3,(H,15,16);2H2,1H3;1H2. The lowest BCUT2D eigenvalue weighted by Crippen LogP contribution is -2.45. The second-order valence-corrected chi connectivity index (χ2v) is 4.09. The van der Waals surface area contributed by atoms with Crippen LogP contribution in [0, 0.1) is 5.92 Å². The number of carbonyl (C=O) groups excluding carboxylic acids is 2. The Morgan fingerprint density at radius 3 is 2.40 bits per heavy atom. The maximum absolute atomic E-state index is 11.8. The highest BCUT2D eigenvalue weighted by atomic mass is 16.2. The number of rotatable bonds is 5. The van der Waals surface area contributed by atoms with Gasteiger partial charge in [0.15, 0.2) is 0 Å². The minimum atomic E-state index is -0.142. The first kappa shape index (κ1) is 20.5. The number of carbonyl (C=O) groups is 2. The van der Waals surface area contributed by atoms with E-state index in [2.05, 4.69) is 21.4 Å². The molecule has 1 unspecified atom stereocenters. The molecule has 0 saturated heterocycles. The topological polar surface area (TPSA) is 97.1 Å². The van der Waals surface area contributed by atoms with E-state index in [-0.39, 0.29) is 17.9 Å². The Kier molecular flexibility index (Phi) is 14.0. The van der Waals surface area contributed by atoms with Gasteiger partial charge in [-0.25, -0.2) is 0 Å². The molecule has 1 amide bonds.